The van der Waals surface area contributed by atoms with E-state index in [1.807, 2.05) is 0 Å². The van der Waals surface area contributed by atoms with Gasteiger partial charge < -0.3 is 11.6 Å². The summed E-state index contributed by atoms with van der Waals surface area (Å²) in [5.41, 5.74) is 0.167. The standard InChI is InChI=1S/C8H6O4.K.H/c9-7(10)5-1-2-6(4-3-5)8(11)12;;/h1-4H,(H,9,10)(H,11,12);;/q;+1;-1. The van der Waals surface area contributed by atoms with Gasteiger partial charge in [0, 0.05) is 0 Å². The van der Waals surface area contributed by atoms with Crippen LogP contribution in [0.1, 0.15) is 22.1 Å². The minimum Gasteiger partial charge on any atom is -1.00 e. The summed E-state index contributed by atoms with van der Waals surface area (Å²) in [6, 6.07) is 5.02. The molecule has 0 saturated carbocycles. The van der Waals surface area contributed by atoms with Crippen LogP contribution in [0.5, 0.6) is 0 Å². The molecule has 13 heavy (non-hydrogen) atoms. The number of hydrogen-bond acceptors (Lipinski definition) is 2. The Morgan fingerprint density at radius 1 is 0.923 bits per heavy atom. The topological polar surface area (TPSA) is 74.6 Å². The molecular formula is C8H7KO4. The van der Waals surface area contributed by atoms with Gasteiger partial charge in [-0.15, -0.1) is 0 Å². The number of rotatable bonds is 2. The van der Waals surface area contributed by atoms with Gasteiger partial charge in [-0.3, -0.25) is 0 Å². The molecular weight excluding hydrogens is 199 g/mol. The molecule has 0 atom stereocenters. The Kier molecular flexibility index (Phi) is 5.42. The molecule has 4 nitrogen and oxygen atoms in total. The van der Waals surface area contributed by atoms with E-state index in [2.05, 4.69) is 0 Å². The first-order chi connectivity index (χ1) is 5.61. The quantitative estimate of drug-likeness (QED) is 0.560. The Morgan fingerprint density at radius 3 is 1.31 bits per heavy atom. The van der Waals surface area contributed by atoms with E-state index in [1.165, 1.54) is 24.3 Å². The SMILES string of the molecule is O=C(O)c1ccc(C(=O)O)cc1.[H-].[K+]. The zero-order valence-electron chi connectivity index (χ0n) is 8.02. The zero-order chi connectivity index (χ0) is 9.14. The molecule has 1 aromatic carbocycles. The van der Waals surface area contributed by atoms with Gasteiger partial charge in [0.2, 0.25) is 0 Å². The third-order valence-electron chi connectivity index (χ3n) is 1.38. The molecule has 0 fully saturated rings. The van der Waals surface area contributed by atoms with Crippen molar-refractivity contribution < 1.29 is 72.6 Å². The molecule has 0 aliphatic rings. The normalized spacial score (nSPS) is 8.62. The van der Waals surface area contributed by atoms with Gasteiger partial charge in [0.25, 0.3) is 0 Å². The van der Waals surface area contributed by atoms with E-state index >= 15 is 0 Å². The maximum absolute atomic E-state index is 10.3. The number of carboxylic acid groups (broad SMARTS) is 2. The second kappa shape index (κ2) is 5.51. The fourth-order valence-electron chi connectivity index (χ4n) is 0.755. The summed E-state index contributed by atoms with van der Waals surface area (Å²) < 4.78 is 0. The first-order valence-electron chi connectivity index (χ1n) is 3.18. The second-order valence-corrected chi connectivity index (χ2v) is 2.19. The predicted molar refractivity (Wildman–Crippen MR) is 41.5 cm³/mol. The summed E-state index contributed by atoms with van der Waals surface area (Å²) in [6.45, 7) is 0. The molecule has 0 amide bonds. The van der Waals surface area contributed by atoms with Crippen LogP contribution in [0, 0.1) is 0 Å². The molecule has 1 aromatic rings. The third-order valence-corrected chi connectivity index (χ3v) is 1.38. The van der Waals surface area contributed by atoms with E-state index in [9.17, 15) is 9.59 Å². The van der Waals surface area contributed by atoms with Crippen molar-refractivity contribution in [1.82, 2.24) is 0 Å². The molecule has 64 valence electrons. The van der Waals surface area contributed by atoms with E-state index in [1.54, 1.807) is 0 Å². The predicted octanol–water partition coefficient (Wildman–Crippen LogP) is -1.80. The Labute approximate surface area is 118 Å². The molecule has 5 heteroatoms. The summed E-state index contributed by atoms with van der Waals surface area (Å²) in [6.07, 6.45) is 0. The van der Waals surface area contributed by atoms with Crippen molar-refractivity contribution >= 4 is 11.9 Å². The van der Waals surface area contributed by atoms with Crippen LogP contribution < -0.4 is 51.4 Å². The Bertz CT molecular complexity index is 290. The summed E-state index contributed by atoms with van der Waals surface area (Å²) in [7, 11) is 0. The van der Waals surface area contributed by atoms with Crippen LogP contribution in [-0.4, -0.2) is 22.2 Å². The smallest absolute Gasteiger partial charge is 1.00 e. The summed E-state index contributed by atoms with van der Waals surface area (Å²) in [5.74, 6) is -2.13. The molecule has 0 saturated heterocycles. The van der Waals surface area contributed by atoms with Crippen LogP contribution in [0.3, 0.4) is 0 Å². The van der Waals surface area contributed by atoms with Crippen LogP contribution in [-0.2, 0) is 0 Å². The second-order valence-electron chi connectivity index (χ2n) is 2.19. The molecule has 1 rings (SSSR count). The zero-order valence-corrected chi connectivity index (χ0v) is 10.1. The monoisotopic (exact) mass is 206 g/mol. The number of hydrogen-bond donors (Lipinski definition) is 2. The molecule has 0 bridgehead atoms. The van der Waals surface area contributed by atoms with Crippen molar-refractivity contribution in [3.05, 3.63) is 35.4 Å². The van der Waals surface area contributed by atoms with Crippen LogP contribution >= 0.6 is 0 Å². The van der Waals surface area contributed by atoms with Crippen molar-refractivity contribution in [2.24, 2.45) is 0 Å². The molecule has 2 N–H and O–H groups in total. The van der Waals surface area contributed by atoms with Gasteiger partial charge in [0.1, 0.15) is 0 Å². The summed E-state index contributed by atoms with van der Waals surface area (Å²) >= 11 is 0. The van der Waals surface area contributed by atoms with Crippen molar-refractivity contribution in [3.8, 4) is 0 Å². The first kappa shape index (κ1) is 12.8. The van der Waals surface area contributed by atoms with Gasteiger partial charge in [0.05, 0.1) is 11.1 Å². The van der Waals surface area contributed by atoms with Crippen molar-refractivity contribution in [2.75, 3.05) is 0 Å². The van der Waals surface area contributed by atoms with Crippen LogP contribution in [0.25, 0.3) is 0 Å². The van der Waals surface area contributed by atoms with Gasteiger partial charge >= 0.3 is 63.3 Å². The summed E-state index contributed by atoms with van der Waals surface area (Å²) in [4.78, 5) is 20.7. The maximum Gasteiger partial charge on any atom is 1.00 e. The number of benzene rings is 1. The van der Waals surface area contributed by atoms with Crippen molar-refractivity contribution in [2.45, 2.75) is 0 Å². The molecule has 0 spiro atoms. The molecule has 0 heterocycles. The van der Waals surface area contributed by atoms with Gasteiger partial charge in [-0.05, 0) is 24.3 Å². The average Bonchev–Trinajstić information content (AvgIpc) is 2.04. The largest absolute Gasteiger partial charge is 1.00 e. The third kappa shape index (κ3) is 3.57. The fraction of sp³-hybridized carbons (Fsp3) is 0. The molecule has 0 unspecified atom stereocenters. The number of carboxylic acids is 2. The molecule has 0 aliphatic carbocycles. The minimum atomic E-state index is -1.06. The number of carbonyl (C=O) groups is 2. The summed E-state index contributed by atoms with van der Waals surface area (Å²) in [5, 5.41) is 16.9. The Hall–Kier alpha value is -0.204. The van der Waals surface area contributed by atoms with Crippen LogP contribution in [0.4, 0.5) is 0 Å². The van der Waals surface area contributed by atoms with E-state index in [0.717, 1.165) is 0 Å². The van der Waals surface area contributed by atoms with Crippen molar-refractivity contribution in [1.29, 1.82) is 0 Å². The van der Waals surface area contributed by atoms with Crippen LogP contribution in [0.15, 0.2) is 24.3 Å². The minimum absolute atomic E-state index is 0. The van der Waals surface area contributed by atoms with Gasteiger partial charge in [0.15, 0.2) is 0 Å². The molecule has 0 aromatic heterocycles. The van der Waals surface area contributed by atoms with E-state index < -0.39 is 11.9 Å². The average molecular weight is 206 g/mol. The fourth-order valence-corrected chi connectivity index (χ4v) is 0.755. The first-order valence-corrected chi connectivity index (χ1v) is 3.18. The molecule has 0 radical (unpaired) electrons. The Morgan fingerprint density at radius 2 is 1.15 bits per heavy atom. The van der Waals surface area contributed by atoms with Crippen LogP contribution in [0.2, 0.25) is 0 Å². The maximum atomic E-state index is 10.3. The van der Waals surface area contributed by atoms with Gasteiger partial charge in [-0.1, -0.05) is 0 Å². The van der Waals surface area contributed by atoms with E-state index in [4.69, 9.17) is 10.2 Å². The van der Waals surface area contributed by atoms with E-state index in [-0.39, 0.29) is 63.9 Å². The van der Waals surface area contributed by atoms with Gasteiger partial charge in [-0.2, -0.15) is 0 Å². The van der Waals surface area contributed by atoms with Crippen molar-refractivity contribution in [3.63, 3.8) is 0 Å². The Balaban J connectivity index is 0. The number of aromatic carboxylic acids is 2. The van der Waals surface area contributed by atoms with Gasteiger partial charge in [-0.25, -0.2) is 9.59 Å². The molecule has 0 aliphatic heterocycles. The van der Waals surface area contributed by atoms with E-state index in [0.29, 0.717) is 0 Å².